The highest BCUT2D eigenvalue weighted by Gasteiger charge is 2.16. The van der Waals surface area contributed by atoms with Gasteiger partial charge in [0.25, 0.3) is 0 Å². The van der Waals surface area contributed by atoms with Crippen molar-refractivity contribution in [3.63, 3.8) is 0 Å². The van der Waals surface area contributed by atoms with Crippen molar-refractivity contribution >= 4 is 47.0 Å². The molecule has 29 heavy (non-hydrogen) atoms. The third kappa shape index (κ3) is 7.75. The van der Waals surface area contributed by atoms with Crippen LogP contribution in [0.1, 0.15) is 21.9 Å². The summed E-state index contributed by atoms with van der Waals surface area (Å²) >= 11 is 1.72. The summed E-state index contributed by atoms with van der Waals surface area (Å²) in [5.74, 6) is 0.845. The number of halogens is 1. The summed E-state index contributed by atoms with van der Waals surface area (Å²) in [5.41, 5.74) is 2.68. The van der Waals surface area contributed by atoms with E-state index in [9.17, 15) is 0 Å². The number of aromatic nitrogens is 1. The van der Waals surface area contributed by atoms with Crippen molar-refractivity contribution in [3.05, 3.63) is 45.9 Å². The number of aryl methyl sites for hydroxylation is 2. The molecule has 1 aromatic heterocycles. The molecule has 0 spiro atoms. The Kier molecular flexibility index (Phi) is 10.2. The van der Waals surface area contributed by atoms with Gasteiger partial charge in [-0.1, -0.05) is 12.1 Å². The maximum absolute atomic E-state index is 4.37. The third-order valence-electron chi connectivity index (χ3n) is 4.98. The molecule has 0 aliphatic carbocycles. The molecule has 2 aromatic rings. The Labute approximate surface area is 195 Å². The molecule has 0 atom stereocenters. The number of hydrogen-bond acceptors (Lipinski definition) is 5. The van der Waals surface area contributed by atoms with E-state index in [0.29, 0.717) is 0 Å². The predicted molar refractivity (Wildman–Crippen MR) is 135 cm³/mol. The molecule has 160 valence electrons. The molecule has 0 bridgehead atoms. The Morgan fingerprint density at radius 3 is 2.62 bits per heavy atom. The van der Waals surface area contributed by atoms with E-state index < -0.39 is 0 Å². The fourth-order valence-corrected chi connectivity index (χ4v) is 4.15. The highest BCUT2D eigenvalue weighted by atomic mass is 127. The van der Waals surface area contributed by atoms with Gasteiger partial charge in [-0.2, -0.15) is 0 Å². The molecule has 3 rings (SSSR count). The fourth-order valence-electron chi connectivity index (χ4n) is 3.43. The van der Waals surface area contributed by atoms with Crippen LogP contribution in [0, 0.1) is 13.8 Å². The summed E-state index contributed by atoms with van der Waals surface area (Å²) in [6.45, 7) is 11.5. The molecule has 1 fully saturated rings. The minimum Gasteiger partial charge on any atom is -0.369 e. The third-order valence-corrected chi connectivity index (χ3v) is 5.90. The van der Waals surface area contributed by atoms with Crippen molar-refractivity contribution < 1.29 is 0 Å². The quantitative estimate of drug-likeness (QED) is 0.250. The number of benzene rings is 1. The summed E-state index contributed by atoms with van der Waals surface area (Å²) in [4.78, 5) is 15.0. The molecule has 1 aliphatic rings. The Balaban J connectivity index is 0.00000300. The Morgan fingerprint density at radius 2 is 1.97 bits per heavy atom. The van der Waals surface area contributed by atoms with Gasteiger partial charge < -0.3 is 15.5 Å². The summed E-state index contributed by atoms with van der Waals surface area (Å²) in [7, 11) is 1.81. The summed E-state index contributed by atoms with van der Waals surface area (Å²) in [5, 5.41) is 7.83. The van der Waals surface area contributed by atoms with E-state index in [4.69, 9.17) is 0 Å². The molecule has 0 amide bonds. The van der Waals surface area contributed by atoms with E-state index in [1.807, 2.05) is 13.2 Å². The van der Waals surface area contributed by atoms with Gasteiger partial charge in [-0.3, -0.25) is 9.89 Å². The van der Waals surface area contributed by atoms with Gasteiger partial charge in [0.15, 0.2) is 5.96 Å². The van der Waals surface area contributed by atoms with E-state index in [1.165, 1.54) is 16.1 Å². The van der Waals surface area contributed by atoms with Gasteiger partial charge in [0.05, 0.1) is 6.54 Å². The van der Waals surface area contributed by atoms with Crippen molar-refractivity contribution in [3.8, 4) is 0 Å². The fraction of sp³-hybridized carbons (Fsp3) is 0.524. The van der Waals surface area contributed by atoms with Crippen LogP contribution in [-0.4, -0.2) is 62.2 Å². The first-order valence-electron chi connectivity index (χ1n) is 10.0. The van der Waals surface area contributed by atoms with Gasteiger partial charge in [-0.25, -0.2) is 4.98 Å². The average molecular weight is 529 g/mol. The van der Waals surface area contributed by atoms with Gasteiger partial charge in [0, 0.05) is 56.5 Å². The van der Waals surface area contributed by atoms with Crippen LogP contribution >= 0.6 is 35.3 Å². The smallest absolute Gasteiger partial charge is 0.191 e. The van der Waals surface area contributed by atoms with Gasteiger partial charge >= 0.3 is 0 Å². The van der Waals surface area contributed by atoms with Gasteiger partial charge in [0.1, 0.15) is 5.01 Å². The lowest BCUT2D eigenvalue weighted by Gasteiger charge is -2.36. The zero-order valence-corrected chi connectivity index (χ0v) is 20.8. The second kappa shape index (κ2) is 12.3. The molecule has 1 aliphatic heterocycles. The van der Waals surface area contributed by atoms with Crippen LogP contribution in [0.5, 0.6) is 0 Å². The van der Waals surface area contributed by atoms with Gasteiger partial charge in [-0.05, 0) is 44.5 Å². The normalized spacial score (nSPS) is 15.1. The monoisotopic (exact) mass is 528 g/mol. The molecular formula is C21H33IN6S. The predicted octanol–water partition coefficient (Wildman–Crippen LogP) is 3.26. The summed E-state index contributed by atoms with van der Waals surface area (Å²) < 4.78 is 0. The van der Waals surface area contributed by atoms with E-state index in [1.54, 1.807) is 11.3 Å². The second-order valence-corrected chi connectivity index (χ2v) is 8.56. The summed E-state index contributed by atoms with van der Waals surface area (Å²) in [6, 6.07) is 8.82. The number of aliphatic imine (C=N–C) groups is 1. The minimum atomic E-state index is 0. The lowest BCUT2D eigenvalue weighted by atomic mass is 10.2. The number of hydrogen-bond donors (Lipinski definition) is 2. The molecule has 1 aromatic carbocycles. The van der Waals surface area contributed by atoms with Gasteiger partial charge in [-0.15, -0.1) is 35.3 Å². The highest BCUT2D eigenvalue weighted by Crippen LogP contribution is 2.17. The molecular weight excluding hydrogens is 495 g/mol. The second-order valence-electron chi connectivity index (χ2n) is 7.24. The Bertz CT molecular complexity index is 770. The highest BCUT2D eigenvalue weighted by molar-refractivity contribution is 14.0. The molecule has 0 saturated carbocycles. The van der Waals surface area contributed by atoms with Crippen LogP contribution in [-0.2, 0) is 6.54 Å². The molecule has 1 saturated heterocycles. The topological polar surface area (TPSA) is 55.8 Å². The van der Waals surface area contributed by atoms with Gasteiger partial charge in [0.2, 0.25) is 0 Å². The number of anilines is 1. The maximum Gasteiger partial charge on any atom is 0.191 e. The molecule has 2 heterocycles. The lowest BCUT2D eigenvalue weighted by Crippen LogP contribution is -2.47. The molecule has 8 heteroatoms. The summed E-state index contributed by atoms with van der Waals surface area (Å²) in [6.07, 6.45) is 3.03. The van der Waals surface area contributed by atoms with E-state index in [0.717, 1.165) is 63.2 Å². The molecule has 2 N–H and O–H groups in total. The number of rotatable bonds is 7. The van der Waals surface area contributed by atoms with Crippen LogP contribution < -0.4 is 15.5 Å². The maximum atomic E-state index is 4.37. The standard InChI is InChI=1S/C21H32N6S.HI/c1-17-6-4-7-19(14-17)27-12-10-26(11-13-27)9-5-8-23-21(22-3)25-16-20-24-15-18(2)28-20;/h4,6-7,14-15H,5,8-13,16H2,1-3H3,(H2,22,23,25);1H. The first-order chi connectivity index (χ1) is 13.6. The number of nitrogens with zero attached hydrogens (tertiary/aromatic N) is 4. The largest absolute Gasteiger partial charge is 0.369 e. The van der Waals surface area contributed by atoms with E-state index in [2.05, 4.69) is 68.5 Å². The van der Waals surface area contributed by atoms with E-state index in [-0.39, 0.29) is 24.0 Å². The molecule has 0 radical (unpaired) electrons. The lowest BCUT2D eigenvalue weighted by molar-refractivity contribution is 0.255. The van der Waals surface area contributed by atoms with Crippen LogP contribution in [0.4, 0.5) is 5.69 Å². The Morgan fingerprint density at radius 1 is 1.17 bits per heavy atom. The first kappa shape index (κ1) is 23.9. The van der Waals surface area contributed by atoms with Crippen molar-refractivity contribution in [1.29, 1.82) is 0 Å². The van der Waals surface area contributed by atoms with Crippen molar-refractivity contribution in [1.82, 2.24) is 20.5 Å². The van der Waals surface area contributed by atoms with Crippen LogP contribution in [0.15, 0.2) is 35.5 Å². The van der Waals surface area contributed by atoms with Crippen LogP contribution in [0.2, 0.25) is 0 Å². The number of guanidine groups is 1. The van der Waals surface area contributed by atoms with Crippen LogP contribution in [0.3, 0.4) is 0 Å². The van der Waals surface area contributed by atoms with Crippen LogP contribution in [0.25, 0.3) is 0 Å². The first-order valence-corrected chi connectivity index (χ1v) is 10.9. The number of nitrogens with one attached hydrogen (secondary N) is 2. The number of thiazole rings is 1. The average Bonchev–Trinajstić information content (AvgIpc) is 3.13. The minimum absolute atomic E-state index is 0. The Hall–Kier alpha value is -1.39. The van der Waals surface area contributed by atoms with E-state index >= 15 is 0 Å². The number of piperazine rings is 1. The molecule has 0 unspecified atom stereocenters. The van der Waals surface area contributed by atoms with Crippen molar-refractivity contribution in [2.45, 2.75) is 26.8 Å². The SMILES string of the molecule is CN=C(NCCCN1CCN(c2cccc(C)c2)CC1)NCc1ncc(C)s1.I. The zero-order valence-electron chi connectivity index (χ0n) is 17.6. The van der Waals surface area contributed by atoms with Crippen molar-refractivity contribution in [2.75, 3.05) is 51.2 Å². The van der Waals surface area contributed by atoms with Crippen molar-refractivity contribution in [2.24, 2.45) is 4.99 Å². The molecule has 6 nitrogen and oxygen atoms in total. The zero-order chi connectivity index (χ0) is 19.8.